The number of alkyl carbamates (subject to hydrolysis) is 1. The van der Waals surface area contributed by atoms with E-state index in [4.69, 9.17) is 4.74 Å². The molecule has 0 heterocycles. The van der Waals surface area contributed by atoms with Crippen molar-refractivity contribution in [3.05, 3.63) is 59.7 Å². The molecular formula is C28H36N2O5. The Morgan fingerprint density at radius 1 is 0.971 bits per heavy atom. The number of carboxylic acid groups (broad SMARTS) is 1. The lowest BCUT2D eigenvalue weighted by Crippen LogP contribution is -2.46. The van der Waals surface area contributed by atoms with E-state index in [0.717, 1.165) is 28.7 Å². The van der Waals surface area contributed by atoms with Gasteiger partial charge in [0.05, 0.1) is 0 Å². The maximum Gasteiger partial charge on any atom is 0.407 e. The highest BCUT2D eigenvalue weighted by atomic mass is 16.5. The van der Waals surface area contributed by atoms with Gasteiger partial charge < -0.3 is 20.5 Å². The fraction of sp³-hybridized carbons (Fsp3) is 0.464. The third-order valence-electron chi connectivity index (χ3n) is 6.18. The number of hydrogen-bond donors (Lipinski definition) is 3. The lowest BCUT2D eigenvalue weighted by molar-refractivity contribution is -0.142. The van der Waals surface area contributed by atoms with Crippen molar-refractivity contribution in [3.63, 3.8) is 0 Å². The predicted octanol–water partition coefficient (Wildman–Crippen LogP) is 5.09. The number of carboxylic acids is 1. The normalized spacial score (nSPS) is 14.4. The molecule has 3 N–H and O–H groups in total. The molecule has 0 radical (unpaired) electrons. The molecule has 2 atom stereocenters. The zero-order valence-electron chi connectivity index (χ0n) is 21.0. The molecule has 7 nitrogen and oxygen atoms in total. The van der Waals surface area contributed by atoms with Crippen LogP contribution in [-0.2, 0) is 14.3 Å². The maximum absolute atomic E-state index is 12.6. The predicted molar refractivity (Wildman–Crippen MR) is 135 cm³/mol. The van der Waals surface area contributed by atoms with Crippen LogP contribution in [0.5, 0.6) is 0 Å². The zero-order valence-corrected chi connectivity index (χ0v) is 21.0. The number of hydrogen-bond acceptors (Lipinski definition) is 4. The number of amides is 2. The first-order valence-electron chi connectivity index (χ1n) is 12.2. The first kappa shape index (κ1) is 26.3. The van der Waals surface area contributed by atoms with E-state index in [9.17, 15) is 19.5 Å². The molecule has 35 heavy (non-hydrogen) atoms. The number of rotatable bonds is 10. The van der Waals surface area contributed by atoms with E-state index in [0.29, 0.717) is 12.8 Å². The van der Waals surface area contributed by atoms with Crippen molar-refractivity contribution in [2.75, 3.05) is 6.61 Å². The minimum absolute atomic E-state index is 0.00798. The summed E-state index contributed by atoms with van der Waals surface area (Å²) < 4.78 is 5.61. The average Bonchev–Trinajstić information content (AvgIpc) is 3.10. The molecule has 0 fully saturated rings. The van der Waals surface area contributed by atoms with Crippen LogP contribution in [0.25, 0.3) is 11.1 Å². The average molecular weight is 481 g/mol. The van der Waals surface area contributed by atoms with Crippen LogP contribution in [0.1, 0.15) is 70.4 Å². The number of fused-ring (bicyclic) bond motifs is 3. The Morgan fingerprint density at radius 2 is 1.54 bits per heavy atom. The largest absolute Gasteiger partial charge is 0.480 e. The van der Waals surface area contributed by atoms with Crippen LogP contribution >= 0.6 is 0 Å². The Kier molecular flexibility index (Phi) is 8.54. The third-order valence-corrected chi connectivity index (χ3v) is 6.18. The molecule has 0 saturated heterocycles. The van der Waals surface area contributed by atoms with Gasteiger partial charge in [0.15, 0.2) is 0 Å². The number of ether oxygens (including phenoxy) is 1. The lowest BCUT2D eigenvalue weighted by atomic mass is 9.88. The minimum Gasteiger partial charge on any atom is -0.480 e. The second-order valence-electron chi connectivity index (χ2n) is 10.4. The summed E-state index contributed by atoms with van der Waals surface area (Å²) in [6.45, 7) is 7.93. The van der Waals surface area contributed by atoms with Gasteiger partial charge in [-0.25, -0.2) is 9.59 Å². The topological polar surface area (TPSA) is 105 Å². The first-order valence-corrected chi connectivity index (χ1v) is 12.2. The van der Waals surface area contributed by atoms with Crippen molar-refractivity contribution in [1.29, 1.82) is 0 Å². The highest BCUT2D eigenvalue weighted by Crippen LogP contribution is 2.44. The molecule has 2 aromatic carbocycles. The van der Waals surface area contributed by atoms with Crippen molar-refractivity contribution >= 4 is 18.0 Å². The number of benzene rings is 2. The fourth-order valence-corrected chi connectivity index (χ4v) is 4.67. The Hall–Kier alpha value is -3.35. The maximum atomic E-state index is 12.6. The molecule has 0 bridgehead atoms. The van der Waals surface area contributed by atoms with E-state index in [1.807, 2.05) is 52.0 Å². The summed E-state index contributed by atoms with van der Waals surface area (Å²) >= 11 is 0. The van der Waals surface area contributed by atoms with Crippen LogP contribution < -0.4 is 10.6 Å². The van der Waals surface area contributed by atoms with Gasteiger partial charge >= 0.3 is 12.1 Å². The highest BCUT2D eigenvalue weighted by Gasteiger charge is 2.30. The summed E-state index contributed by atoms with van der Waals surface area (Å²) in [4.78, 5) is 36.8. The molecular weight excluding hydrogens is 444 g/mol. The Labute approximate surface area is 207 Å². The molecule has 1 aliphatic carbocycles. The minimum atomic E-state index is -1.06. The van der Waals surface area contributed by atoms with Crippen molar-refractivity contribution in [3.8, 4) is 11.1 Å². The van der Waals surface area contributed by atoms with Crippen LogP contribution in [0.3, 0.4) is 0 Å². The molecule has 2 amide bonds. The monoisotopic (exact) mass is 480 g/mol. The van der Waals surface area contributed by atoms with E-state index in [2.05, 4.69) is 34.9 Å². The van der Waals surface area contributed by atoms with E-state index in [1.165, 1.54) is 0 Å². The van der Waals surface area contributed by atoms with Gasteiger partial charge in [-0.1, -0.05) is 82.6 Å². The van der Waals surface area contributed by atoms with E-state index in [-0.39, 0.29) is 24.4 Å². The van der Waals surface area contributed by atoms with Gasteiger partial charge in [-0.2, -0.15) is 0 Å². The van der Waals surface area contributed by atoms with Gasteiger partial charge in [-0.15, -0.1) is 0 Å². The summed E-state index contributed by atoms with van der Waals surface area (Å²) in [6.07, 6.45) is 1.06. The van der Waals surface area contributed by atoms with E-state index < -0.39 is 30.1 Å². The standard InChI is InChI=1S/C28H36N2O5/c1-5-10-18(15-25(31)30-24(26(32)33)16-28(2,3)4)29-27(34)35-17-23-21-13-8-6-11-19(21)20-12-7-9-14-22(20)23/h6-9,11-14,18,23-24H,5,10,15-17H2,1-4H3,(H,29,34)(H,30,31)(H,32,33)/t18-,24?/m0/s1. The summed E-state index contributed by atoms with van der Waals surface area (Å²) in [5.74, 6) is -1.52. The number of aliphatic carboxylic acids is 1. The van der Waals surface area contributed by atoms with Gasteiger partial charge in [-0.05, 0) is 40.5 Å². The van der Waals surface area contributed by atoms with Crippen LogP contribution in [-0.4, -0.2) is 41.8 Å². The van der Waals surface area contributed by atoms with Crippen molar-refractivity contribution < 1.29 is 24.2 Å². The quantitative estimate of drug-likeness (QED) is 0.439. The van der Waals surface area contributed by atoms with Gasteiger partial charge in [0, 0.05) is 18.4 Å². The number of carbonyl (C=O) groups excluding carboxylic acids is 2. The fourth-order valence-electron chi connectivity index (χ4n) is 4.67. The third kappa shape index (κ3) is 7.07. The number of carbonyl (C=O) groups is 3. The summed E-state index contributed by atoms with van der Waals surface area (Å²) in [5, 5.41) is 14.9. The molecule has 0 aromatic heterocycles. The van der Waals surface area contributed by atoms with Crippen LogP contribution in [0.15, 0.2) is 48.5 Å². The molecule has 1 unspecified atom stereocenters. The Bertz CT molecular complexity index is 1010. The van der Waals surface area contributed by atoms with Crippen molar-refractivity contribution in [2.45, 2.75) is 71.4 Å². The molecule has 0 saturated carbocycles. The van der Waals surface area contributed by atoms with Gasteiger partial charge in [0.1, 0.15) is 12.6 Å². The number of nitrogens with one attached hydrogen (secondary N) is 2. The second kappa shape index (κ2) is 11.4. The summed E-state index contributed by atoms with van der Waals surface area (Å²) in [7, 11) is 0. The molecule has 7 heteroatoms. The highest BCUT2D eigenvalue weighted by molar-refractivity contribution is 5.84. The molecule has 0 spiro atoms. The smallest absolute Gasteiger partial charge is 0.407 e. The van der Waals surface area contributed by atoms with Crippen molar-refractivity contribution in [2.24, 2.45) is 5.41 Å². The molecule has 0 aliphatic heterocycles. The Morgan fingerprint density at radius 3 is 2.06 bits per heavy atom. The first-order chi connectivity index (χ1) is 16.6. The molecule has 3 rings (SSSR count). The van der Waals surface area contributed by atoms with Crippen LogP contribution in [0.2, 0.25) is 0 Å². The van der Waals surface area contributed by atoms with Crippen LogP contribution in [0.4, 0.5) is 4.79 Å². The second-order valence-corrected chi connectivity index (χ2v) is 10.4. The van der Waals surface area contributed by atoms with Crippen LogP contribution in [0, 0.1) is 5.41 Å². The SMILES string of the molecule is CCC[C@@H](CC(=O)NC(CC(C)(C)C)C(=O)O)NC(=O)OCC1c2ccccc2-c2ccccc21. The molecule has 2 aromatic rings. The molecule has 188 valence electrons. The van der Waals surface area contributed by atoms with Gasteiger partial charge in [0.2, 0.25) is 5.91 Å². The summed E-state index contributed by atoms with van der Waals surface area (Å²) in [6, 6.07) is 14.8. The zero-order chi connectivity index (χ0) is 25.6. The lowest BCUT2D eigenvalue weighted by Gasteiger charge is -2.25. The Balaban J connectivity index is 1.58. The molecule has 1 aliphatic rings. The van der Waals surface area contributed by atoms with Crippen molar-refractivity contribution in [1.82, 2.24) is 10.6 Å². The summed E-state index contributed by atoms with van der Waals surface area (Å²) in [5.41, 5.74) is 4.31. The van der Waals surface area contributed by atoms with Gasteiger partial charge in [-0.3, -0.25) is 4.79 Å². The van der Waals surface area contributed by atoms with E-state index >= 15 is 0 Å². The van der Waals surface area contributed by atoms with E-state index in [1.54, 1.807) is 0 Å². The van der Waals surface area contributed by atoms with Gasteiger partial charge in [0.25, 0.3) is 0 Å².